The Bertz CT molecular complexity index is 587. The van der Waals surface area contributed by atoms with Gasteiger partial charge in [0.15, 0.2) is 0 Å². The monoisotopic (exact) mass is 280 g/mol. The van der Waals surface area contributed by atoms with Crippen LogP contribution in [0.3, 0.4) is 0 Å². The van der Waals surface area contributed by atoms with Crippen LogP contribution in [-0.4, -0.2) is 7.11 Å². The molecule has 0 amide bonds. The lowest BCUT2D eigenvalue weighted by atomic mass is 10.0. The summed E-state index contributed by atoms with van der Waals surface area (Å²) < 4.78 is 5.17. The Morgan fingerprint density at radius 2 is 1.71 bits per heavy atom. The summed E-state index contributed by atoms with van der Waals surface area (Å²) >= 11 is 0. The zero-order valence-corrected chi connectivity index (χ0v) is 12.4. The van der Waals surface area contributed by atoms with E-state index < -0.39 is 0 Å². The third kappa shape index (κ3) is 4.08. The molecule has 0 radical (unpaired) electrons. The largest absolute Gasteiger partial charge is 0.497 e. The normalized spacial score (nSPS) is 13.2. The van der Waals surface area contributed by atoms with E-state index in [2.05, 4.69) is 30.4 Å². The van der Waals surface area contributed by atoms with Crippen LogP contribution in [0.1, 0.15) is 36.6 Å². The molecule has 0 saturated carbocycles. The van der Waals surface area contributed by atoms with E-state index in [1.54, 1.807) is 7.11 Å². The molecule has 0 aliphatic carbocycles. The van der Waals surface area contributed by atoms with Crippen molar-refractivity contribution in [3.8, 4) is 11.8 Å². The first-order valence-electron chi connectivity index (χ1n) is 7.06. The third-order valence-electron chi connectivity index (χ3n) is 3.56. The van der Waals surface area contributed by atoms with E-state index in [0.29, 0.717) is 6.42 Å². The molecule has 0 aliphatic heterocycles. The van der Waals surface area contributed by atoms with E-state index in [1.807, 2.05) is 42.5 Å². The van der Waals surface area contributed by atoms with Gasteiger partial charge in [0.2, 0.25) is 0 Å². The van der Waals surface area contributed by atoms with Gasteiger partial charge in [-0.1, -0.05) is 42.5 Å². The molecule has 0 aromatic heterocycles. The van der Waals surface area contributed by atoms with Gasteiger partial charge in [-0.05, 0) is 30.2 Å². The number of nitriles is 1. The lowest BCUT2D eigenvalue weighted by Crippen LogP contribution is -2.24. The van der Waals surface area contributed by atoms with Crippen molar-refractivity contribution in [1.82, 2.24) is 5.32 Å². The minimum Gasteiger partial charge on any atom is -0.497 e. The number of hydrogen-bond donors (Lipinski definition) is 1. The highest BCUT2D eigenvalue weighted by Gasteiger charge is 2.15. The van der Waals surface area contributed by atoms with Crippen molar-refractivity contribution in [2.24, 2.45) is 0 Å². The van der Waals surface area contributed by atoms with Crippen LogP contribution in [0.4, 0.5) is 0 Å². The number of hydrogen-bond acceptors (Lipinski definition) is 3. The van der Waals surface area contributed by atoms with Crippen LogP contribution in [-0.2, 0) is 0 Å². The minimum atomic E-state index is 0.0355. The molecule has 2 rings (SSSR count). The molecule has 0 saturated heterocycles. The maximum atomic E-state index is 9.04. The molecule has 108 valence electrons. The van der Waals surface area contributed by atoms with Gasteiger partial charge in [0.25, 0.3) is 0 Å². The van der Waals surface area contributed by atoms with E-state index in [1.165, 1.54) is 5.56 Å². The summed E-state index contributed by atoms with van der Waals surface area (Å²) in [6.45, 7) is 2.11. The highest BCUT2D eigenvalue weighted by atomic mass is 16.5. The lowest BCUT2D eigenvalue weighted by molar-refractivity contribution is 0.414. The maximum Gasteiger partial charge on any atom is 0.118 e. The summed E-state index contributed by atoms with van der Waals surface area (Å²) in [7, 11) is 1.66. The van der Waals surface area contributed by atoms with Crippen LogP contribution in [0.5, 0.6) is 5.75 Å². The Hall–Kier alpha value is -2.31. The van der Waals surface area contributed by atoms with Crippen molar-refractivity contribution in [3.05, 3.63) is 65.7 Å². The number of nitrogens with zero attached hydrogens (tertiary/aromatic N) is 1. The number of nitrogens with one attached hydrogen (secondary N) is 1. The van der Waals surface area contributed by atoms with Crippen LogP contribution < -0.4 is 10.1 Å². The van der Waals surface area contributed by atoms with Gasteiger partial charge in [-0.25, -0.2) is 0 Å². The summed E-state index contributed by atoms with van der Waals surface area (Å²) in [5, 5.41) is 12.6. The summed E-state index contributed by atoms with van der Waals surface area (Å²) in [6.07, 6.45) is 0.449. The quantitative estimate of drug-likeness (QED) is 0.869. The van der Waals surface area contributed by atoms with Gasteiger partial charge in [0.1, 0.15) is 5.75 Å². The van der Waals surface area contributed by atoms with Crippen LogP contribution >= 0.6 is 0 Å². The van der Waals surface area contributed by atoms with Crippen molar-refractivity contribution in [2.45, 2.75) is 25.4 Å². The molecular formula is C18H20N2O. The molecule has 2 aromatic carbocycles. The second-order valence-corrected chi connectivity index (χ2v) is 4.99. The van der Waals surface area contributed by atoms with Gasteiger partial charge in [-0.3, -0.25) is 0 Å². The molecule has 2 atom stereocenters. The van der Waals surface area contributed by atoms with Crippen molar-refractivity contribution in [1.29, 1.82) is 5.26 Å². The van der Waals surface area contributed by atoms with Gasteiger partial charge in [-0.15, -0.1) is 0 Å². The highest BCUT2D eigenvalue weighted by molar-refractivity contribution is 5.29. The summed E-state index contributed by atoms with van der Waals surface area (Å²) in [5.41, 5.74) is 2.31. The second kappa shape index (κ2) is 7.47. The zero-order valence-electron chi connectivity index (χ0n) is 12.4. The fourth-order valence-electron chi connectivity index (χ4n) is 2.34. The van der Waals surface area contributed by atoms with E-state index in [-0.39, 0.29) is 12.1 Å². The van der Waals surface area contributed by atoms with Crippen LogP contribution in [0, 0.1) is 11.3 Å². The van der Waals surface area contributed by atoms with E-state index in [0.717, 1.165) is 11.3 Å². The topological polar surface area (TPSA) is 45.0 Å². The molecule has 1 N–H and O–H groups in total. The maximum absolute atomic E-state index is 9.04. The van der Waals surface area contributed by atoms with Gasteiger partial charge < -0.3 is 10.1 Å². The average molecular weight is 280 g/mol. The summed E-state index contributed by atoms with van der Waals surface area (Å²) in [4.78, 5) is 0. The Morgan fingerprint density at radius 1 is 1.05 bits per heavy atom. The smallest absolute Gasteiger partial charge is 0.118 e. The van der Waals surface area contributed by atoms with Crippen molar-refractivity contribution < 1.29 is 4.74 Å². The fourth-order valence-corrected chi connectivity index (χ4v) is 2.34. The molecule has 21 heavy (non-hydrogen) atoms. The van der Waals surface area contributed by atoms with Crippen LogP contribution in [0.2, 0.25) is 0 Å². The lowest BCUT2D eigenvalue weighted by Gasteiger charge is -2.22. The fraction of sp³-hybridized carbons (Fsp3) is 0.278. The molecule has 0 heterocycles. The van der Waals surface area contributed by atoms with Gasteiger partial charge in [0, 0.05) is 12.1 Å². The highest BCUT2D eigenvalue weighted by Crippen LogP contribution is 2.23. The molecule has 2 unspecified atom stereocenters. The standard InChI is InChI=1S/C18H20N2O/c1-14(15-8-10-17(21-2)11-9-15)20-18(12-13-19)16-6-4-3-5-7-16/h3-11,14,18,20H,12H2,1-2H3. The van der Waals surface area contributed by atoms with Crippen molar-refractivity contribution in [2.75, 3.05) is 7.11 Å². The first-order chi connectivity index (χ1) is 10.2. The Morgan fingerprint density at radius 3 is 2.29 bits per heavy atom. The molecular weight excluding hydrogens is 260 g/mol. The number of rotatable bonds is 6. The molecule has 2 aromatic rings. The van der Waals surface area contributed by atoms with Crippen molar-refractivity contribution in [3.63, 3.8) is 0 Å². The van der Waals surface area contributed by atoms with Crippen LogP contribution in [0.15, 0.2) is 54.6 Å². The number of benzene rings is 2. The predicted molar refractivity (Wildman–Crippen MR) is 84.0 cm³/mol. The molecule has 3 heteroatoms. The number of methoxy groups -OCH3 is 1. The van der Waals surface area contributed by atoms with Crippen LogP contribution in [0.25, 0.3) is 0 Å². The third-order valence-corrected chi connectivity index (χ3v) is 3.56. The summed E-state index contributed by atoms with van der Waals surface area (Å²) in [5.74, 6) is 0.850. The minimum absolute atomic E-state index is 0.0355. The Labute approximate surface area is 126 Å². The van der Waals surface area contributed by atoms with Gasteiger partial charge in [-0.2, -0.15) is 5.26 Å². The predicted octanol–water partition coefficient (Wildman–Crippen LogP) is 4.00. The van der Waals surface area contributed by atoms with Gasteiger partial charge in [0.05, 0.1) is 19.6 Å². The van der Waals surface area contributed by atoms with Crippen molar-refractivity contribution >= 4 is 0 Å². The molecule has 0 fully saturated rings. The molecule has 3 nitrogen and oxygen atoms in total. The average Bonchev–Trinajstić information content (AvgIpc) is 2.55. The molecule has 0 bridgehead atoms. The number of ether oxygens (including phenoxy) is 1. The molecule has 0 spiro atoms. The SMILES string of the molecule is COc1ccc(C(C)NC(CC#N)c2ccccc2)cc1. The van der Waals surface area contributed by atoms with Gasteiger partial charge >= 0.3 is 0 Å². The zero-order chi connectivity index (χ0) is 15.1. The first kappa shape index (κ1) is 15.1. The Balaban J connectivity index is 2.10. The first-order valence-corrected chi connectivity index (χ1v) is 7.06. The van der Waals surface area contributed by atoms with E-state index >= 15 is 0 Å². The second-order valence-electron chi connectivity index (χ2n) is 4.99. The van der Waals surface area contributed by atoms with E-state index in [4.69, 9.17) is 10.00 Å². The summed E-state index contributed by atoms with van der Waals surface area (Å²) in [6, 6.07) is 20.5. The Kier molecular flexibility index (Phi) is 5.36. The molecule has 0 aliphatic rings. The van der Waals surface area contributed by atoms with E-state index in [9.17, 15) is 0 Å².